The summed E-state index contributed by atoms with van der Waals surface area (Å²) in [6.45, 7) is 3.41. The van der Waals surface area contributed by atoms with Gasteiger partial charge >= 0.3 is 6.09 Å². The standard InChI is InChI=1S/C21H24ClN5O3/c22-17-3-1-2-14-8-13(9-16(14)17)10-23-5-4-15-12-27(21(28)30-15)18-11-25-20-19(26-18)24-6-7-29-20/h1-3,11,13,15,23H,4-10,12H2,(H,24,26). The molecule has 1 aromatic carbocycles. The predicted octanol–water partition coefficient (Wildman–Crippen LogP) is 2.65. The van der Waals surface area contributed by atoms with Gasteiger partial charge in [0.1, 0.15) is 12.7 Å². The number of nitrogens with zero attached hydrogens (tertiary/aromatic N) is 3. The number of halogens is 1. The van der Waals surface area contributed by atoms with Crippen LogP contribution in [-0.4, -0.2) is 55.0 Å². The number of carbonyl (C=O) groups excluding carboxylic acids is 1. The summed E-state index contributed by atoms with van der Waals surface area (Å²) < 4.78 is 11.0. The van der Waals surface area contributed by atoms with Crippen LogP contribution in [0.3, 0.4) is 0 Å². The molecule has 8 nitrogen and oxygen atoms in total. The highest BCUT2D eigenvalue weighted by atomic mass is 35.5. The Balaban J connectivity index is 1.09. The summed E-state index contributed by atoms with van der Waals surface area (Å²) in [5.74, 6) is 2.07. The molecule has 3 heterocycles. The second-order valence-corrected chi connectivity index (χ2v) is 8.33. The van der Waals surface area contributed by atoms with Crippen molar-refractivity contribution in [2.45, 2.75) is 25.4 Å². The molecule has 9 heteroatoms. The minimum atomic E-state index is -0.383. The van der Waals surface area contributed by atoms with Crippen LogP contribution in [0.25, 0.3) is 0 Å². The van der Waals surface area contributed by atoms with Crippen molar-refractivity contribution < 1.29 is 14.3 Å². The average molecular weight is 430 g/mol. The molecule has 2 atom stereocenters. The number of rotatable bonds is 6. The van der Waals surface area contributed by atoms with E-state index < -0.39 is 0 Å². The summed E-state index contributed by atoms with van der Waals surface area (Å²) in [7, 11) is 0. The number of amides is 1. The Kier molecular flexibility index (Phi) is 5.35. The molecule has 30 heavy (non-hydrogen) atoms. The van der Waals surface area contributed by atoms with Gasteiger partial charge in [-0.25, -0.2) is 14.8 Å². The molecule has 1 aliphatic carbocycles. The third-order valence-corrected chi connectivity index (χ3v) is 6.16. The molecular formula is C21H24ClN5O3. The Morgan fingerprint density at radius 2 is 2.27 bits per heavy atom. The molecule has 3 aliphatic rings. The lowest BCUT2D eigenvalue weighted by molar-refractivity contribution is 0.136. The number of ether oxygens (including phenoxy) is 2. The van der Waals surface area contributed by atoms with Crippen molar-refractivity contribution in [1.29, 1.82) is 0 Å². The van der Waals surface area contributed by atoms with E-state index in [9.17, 15) is 4.79 Å². The number of nitrogens with one attached hydrogen (secondary N) is 2. The summed E-state index contributed by atoms with van der Waals surface area (Å²) in [5, 5.41) is 7.52. The quantitative estimate of drug-likeness (QED) is 0.682. The highest BCUT2D eigenvalue weighted by molar-refractivity contribution is 6.31. The van der Waals surface area contributed by atoms with E-state index in [0.29, 0.717) is 43.1 Å². The summed E-state index contributed by atoms with van der Waals surface area (Å²) in [5.41, 5.74) is 2.65. The average Bonchev–Trinajstić information content (AvgIpc) is 3.35. The zero-order valence-electron chi connectivity index (χ0n) is 16.6. The van der Waals surface area contributed by atoms with Crippen LogP contribution in [0.4, 0.5) is 16.4 Å². The largest absolute Gasteiger partial charge is 0.473 e. The van der Waals surface area contributed by atoms with Crippen LogP contribution in [0.1, 0.15) is 17.5 Å². The number of aromatic nitrogens is 2. The lowest BCUT2D eigenvalue weighted by Gasteiger charge is -2.19. The summed E-state index contributed by atoms with van der Waals surface area (Å²) in [6.07, 6.45) is 3.83. The lowest BCUT2D eigenvalue weighted by atomic mass is 10.1. The molecule has 0 spiro atoms. The first-order chi connectivity index (χ1) is 14.7. The van der Waals surface area contributed by atoms with Crippen LogP contribution in [0.15, 0.2) is 24.4 Å². The fourth-order valence-electron chi connectivity index (χ4n) is 4.30. The van der Waals surface area contributed by atoms with E-state index in [1.54, 1.807) is 6.20 Å². The maximum atomic E-state index is 12.3. The van der Waals surface area contributed by atoms with E-state index in [-0.39, 0.29) is 12.2 Å². The Hall–Kier alpha value is -2.58. The topological polar surface area (TPSA) is 88.6 Å². The van der Waals surface area contributed by atoms with Crippen LogP contribution in [0.5, 0.6) is 5.88 Å². The highest BCUT2D eigenvalue weighted by Gasteiger charge is 2.34. The molecule has 1 aromatic heterocycles. The van der Waals surface area contributed by atoms with Gasteiger partial charge in [-0.15, -0.1) is 0 Å². The minimum absolute atomic E-state index is 0.165. The van der Waals surface area contributed by atoms with E-state index in [2.05, 4.69) is 26.7 Å². The molecule has 1 saturated heterocycles. The normalized spacial score (nSPS) is 22.2. The second-order valence-electron chi connectivity index (χ2n) is 7.92. The molecule has 2 N–H and O–H groups in total. The SMILES string of the molecule is O=C1OC(CCNCC2Cc3cccc(Cl)c3C2)CN1c1cnc2c(n1)NCCO2. The monoisotopic (exact) mass is 429 g/mol. The molecule has 158 valence electrons. The molecule has 2 aliphatic heterocycles. The number of hydrogen-bond donors (Lipinski definition) is 2. The van der Waals surface area contributed by atoms with Crippen LogP contribution in [0.2, 0.25) is 5.02 Å². The van der Waals surface area contributed by atoms with Gasteiger partial charge in [0.05, 0.1) is 19.3 Å². The van der Waals surface area contributed by atoms with Gasteiger partial charge in [0.25, 0.3) is 5.88 Å². The van der Waals surface area contributed by atoms with Crippen molar-refractivity contribution in [3.05, 3.63) is 40.5 Å². The van der Waals surface area contributed by atoms with Gasteiger partial charge in [0.2, 0.25) is 0 Å². The first-order valence-corrected chi connectivity index (χ1v) is 10.7. The molecule has 0 bridgehead atoms. The van der Waals surface area contributed by atoms with Gasteiger partial charge in [-0.2, -0.15) is 0 Å². The van der Waals surface area contributed by atoms with Crippen molar-refractivity contribution >= 4 is 29.3 Å². The van der Waals surface area contributed by atoms with Crippen molar-refractivity contribution in [1.82, 2.24) is 15.3 Å². The minimum Gasteiger partial charge on any atom is -0.473 e. The van der Waals surface area contributed by atoms with Crippen molar-refractivity contribution in [3.63, 3.8) is 0 Å². The van der Waals surface area contributed by atoms with Crippen molar-refractivity contribution in [2.24, 2.45) is 5.92 Å². The van der Waals surface area contributed by atoms with Crippen LogP contribution < -0.4 is 20.3 Å². The van der Waals surface area contributed by atoms with Gasteiger partial charge in [-0.1, -0.05) is 23.7 Å². The summed E-state index contributed by atoms with van der Waals surface area (Å²) in [6, 6.07) is 6.15. The van der Waals surface area contributed by atoms with Gasteiger partial charge in [0.15, 0.2) is 11.6 Å². The third kappa shape index (κ3) is 3.89. The number of cyclic esters (lactones) is 1. The van der Waals surface area contributed by atoms with Crippen molar-refractivity contribution in [2.75, 3.05) is 43.0 Å². The molecule has 2 unspecified atom stereocenters. The molecular weight excluding hydrogens is 406 g/mol. The first-order valence-electron chi connectivity index (χ1n) is 10.4. The van der Waals surface area contributed by atoms with E-state index in [4.69, 9.17) is 21.1 Å². The van der Waals surface area contributed by atoms with Gasteiger partial charge in [-0.3, -0.25) is 4.90 Å². The lowest BCUT2D eigenvalue weighted by Crippen LogP contribution is -2.29. The Morgan fingerprint density at radius 3 is 3.17 bits per heavy atom. The maximum Gasteiger partial charge on any atom is 0.415 e. The Labute approximate surface area is 179 Å². The fraction of sp³-hybridized carbons (Fsp3) is 0.476. The van der Waals surface area contributed by atoms with Crippen LogP contribution in [-0.2, 0) is 17.6 Å². The number of carbonyl (C=O) groups is 1. The van der Waals surface area contributed by atoms with Crippen LogP contribution in [0, 0.1) is 5.92 Å². The summed E-state index contributed by atoms with van der Waals surface area (Å²) >= 11 is 6.31. The van der Waals surface area contributed by atoms with E-state index in [1.807, 2.05) is 12.1 Å². The molecule has 1 fully saturated rings. The smallest absolute Gasteiger partial charge is 0.415 e. The molecule has 5 rings (SSSR count). The van der Waals surface area contributed by atoms with E-state index >= 15 is 0 Å². The Bertz CT molecular complexity index is 956. The molecule has 1 amide bonds. The second kappa shape index (κ2) is 8.28. The van der Waals surface area contributed by atoms with Crippen molar-refractivity contribution in [3.8, 4) is 5.88 Å². The number of benzene rings is 1. The molecule has 0 radical (unpaired) electrons. The zero-order chi connectivity index (χ0) is 20.5. The van der Waals surface area contributed by atoms with Gasteiger partial charge < -0.3 is 20.1 Å². The first kappa shape index (κ1) is 19.4. The molecule has 2 aromatic rings. The predicted molar refractivity (Wildman–Crippen MR) is 113 cm³/mol. The van der Waals surface area contributed by atoms with Crippen LogP contribution >= 0.6 is 11.6 Å². The van der Waals surface area contributed by atoms with Gasteiger partial charge in [0, 0.05) is 5.02 Å². The zero-order valence-corrected chi connectivity index (χ0v) is 17.3. The number of fused-ring (bicyclic) bond motifs is 2. The Morgan fingerprint density at radius 1 is 1.33 bits per heavy atom. The van der Waals surface area contributed by atoms with E-state index in [1.165, 1.54) is 16.0 Å². The maximum absolute atomic E-state index is 12.3. The molecule has 0 saturated carbocycles. The summed E-state index contributed by atoms with van der Waals surface area (Å²) in [4.78, 5) is 22.5. The number of hydrogen-bond acceptors (Lipinski definition) is 7. The van der Waals surface area contributed by atoms with Gasteiger partial charge in [-0.05, 0) is 55.5 Å². The third-order valence-electron chi connectivity index (χ3n) is 5.80. The number of anilines is 2. The highest BCUT2D eigenvalue weighted by Crippen LogP contribution is 2.32. The fourth-order valence-corrected chi connectivity index (χ4v) is 4.58. The van der Waals surface area contributed by atoms with E-state index in [0.717, 1.165) is 37.4 Å².